The maximum Gasteiger partial charge on any atom is 0.283 e. The zero-order valence-electron chi connectivity index (χ0n) is 22.5. The fourth-order valence-corrected chi connectivity index (χ4v) is 4.67. The Labute approximate surface area is 228 Å². The maximum absolute atomic E-state index is 13.4. The van der Waals surface area contributed by atoms with Crippen LogP contribution in [0.3, 0.4) is 0 Å². The van der Waals surface area contributed by atoms with Gasteiger partial charge in [-0.05, 0) is 66.6 Å². The van der Waals surface area contributed by atoms with Crippen molar-refractivity contribution in [3.63, 3.8) is 0 Å². The summed E-state index contributed by atoms with van der Waals surface area (Å²) in [5.41, 5.74) is 6.10. The van der Waals surface area contributed by atoms with Crippen molar-refractivity contribution < 1.29 is 14.4 Å². The number of carbonyl (C=O) groups excluding carboxylic acids is 3. The molecule has 1 heterocycles. The van der Waals surface area contributed by atoms with Gasteiger partial charge in [-0.25, -0.2) is 4.90 Å². The number of imide groups is 1. The molecule has 4 rings (SSSR count). The summed E-state index contributed by atoms with van der Waals surface area (Å²) >= 11 is 6.33. The molecule has 0 unspecified atom stereocenters. The number of halogens is 1. The molecule has 38 heavy (non-hydrogen) atoms. The Morgan fingerprint density at radius 3 is 2.03 bits per heavy atom. The van der Waals surface area contributed by atoms with Crippen LogP contribution in [0.4, 0.5) is 17.1 Å². The van der Waals surface area contributed by atoms with Gasteiger partial charge in [0.05, 0.1) is 5.69 Å². The fourth-order valence-electron chi connectivity index (χ4n) is 4.45. The highest BCUT2D eigenvalue weighted by atomic mass is 35.5. The number of para-hydroxylation sites is 1. The van der Waals surface area contributed by atoms with E-state index in [1.807, 2.05) is 44.2 Å². The zero-order chi connectivity index (χ0) is 27.7. The van der Waals surface area contributed by atoms with Crippen LogP contribution in [-0.2, 0) is 9.59 Å². The minimum absolute atomic E-state index is 0.0230. The van der Waals surface area contributed by atoms with Gasteiger partial charge < -0.3 is 10.6 Å². The van der Waals surface area contributed by atoms with Gasteiger partial charge in [-0.1, -0.05) is 81.3 Å². The van der Waals surface area contributed by atoms with Crippen molar-refractivity contribution in [3.8, 4) is 0 Å². The minimum Gasteiger partial charge on any atom is -0.349 e. The predicted octanol–water partition coefficient (Wildman–Crippen LogP) is 7.24. The lowest BCUT2D eigenvalue weighted by atomic mass is 9.92. The van der Waals surface area contributed by atoms with Crippen molar-refractivity contribution in [3.05, 3.63) is 99.2 Å². The first-order valence-electron chi connectivity index (χ1n) is 12.7. The molecule has 3 aromatic rings. The molecule has 1 aliphatic heterocycles. The smallest absolute Gasteiger partial charge is 0.283 e. The van der Waals surface area contributed by atoms with E-state index in [4.69, 9.17) is 11.6 Å². The van der Waals surface area contributed by atoms with Crippen LogP contribution in [0.5, 0.6) is 0 Å². The molecule has 2 N–H and O–H groups in total. The normalized spacial score (nSPS) is 13.7. The predicted molar refractivity (Wildman–Crippen MR) is 154 cm³/mol. The number of hydrogen-bond donors (Lipinski definition) is 2. The third-order valence-corrected chi connectivity index (χ3v) is 7.04. The quantitative estimate of drug-likeness (QED) is 0.316. The van der Waals surface area contributed by atoms with Crippen LogP contribution < -0.4 is 15.5 Å². The third kappa shape index (κ3) is 5.22. The van der Waals surface area contributed by atoms with E-state index in [0.717, 1.165) is 32.8 Å². The highest BCUT2D eigenvalue weighted by molar-refractivity contribution is 6.53. The van der Waals surface area contributed by atoms with Crippen molar-refractivity contribution in [1.29, 1.82) is 0 Å². The Bertz CT molecular complexity index is 1430. The molecule has 0 bridgehead atoms. The number of aryl methyl sites for hydroxylation is 2. The largest absolute Gasteiger partial charge is 0.349 e. The standard InChI is InChI=1S/C31H32ClN3O3/c1-17(2)23-8-7-9-24(18(3)4)27(23)34-29(36)21-13-12-20(6)25(16-21)33-28-26(32)30(37)35(31(28)38)22-14-10-19(5)11-15-22/h7-18,33H,1-6H3,(H,34,36). The summed E-state index contributed by atoms with van der Waals surface area (Å²) in [4.78, 5) is 40.5. The number of benzene rings is 3. The summed E-state index contributed by atoms with van der Waals surface area (Å²) in [7, 11) is 0. The lowest BCUT2D eigenvalue weighted by Crippen LogP contribution is -2.32. The summed E-state index contributed by atoms with van der Waals surface area (Å²) < 4.78 is 0. The Kier molecular flexibility index (Phi) is 7.74. The van der Waals surface area contributed by atoms with Gasteiger partial charge in [0.2, 0.25) is 0 Å². The van der Waals surface area contributed by atoms with E-state index in [-0.39, 0.29) is 28.5 Å². The molecule has 0 aliphatic carbocycles. The minimum atomic E-state index is -0.596. The second kappa shape index (κ2) is 10.8. The van der Waals surface area contributed by atoms with Crippen LogP contribution in [-0.4, -0.2) is 17.7 Å². The summed E-state index contributed by atoms with van der Waals surface area (Å²) in [6, 6.07) is 18.3. The fraction of sp³-hybridized carbons (Fsp3) is 0.258. The molecule has 0 saturated heterocycles. The molecule has 3 amide bonds. The molecular formula is C31H32ClN3O3. The topological polar surface area (TPSA) is 78.5 Å². The Morgan fingerprint density at radius 2 is 1.45 bits per heavy atom. The first kappa shape index (κ1) is 27.1. The van der Waals surface area contributed by atoms with E-state index < -0.39 is 11.8 Å². The maximum atomic E-state index is 13.4. The molecular weight excluding hydrogens is 498 g/mol. The van der Waals surface area contributed by atoms with Gasteiger partial charge in [0.15, 0.2) is 0 Å². The van der Waals surface area contributed by atoms with Gasteiger partial charge in [-0.3, -0.25) is 14.4 Å². The number of anilines is 3. The second-order valence-corrected chi connectivity index (χ2v) is 10.6. The molecule has 7 heteroatoms. The van der Waals surface area contributed by atoms with E-state index >= 15 is 0 Å². The van der Waals surface area contributed by atoms with Crippen LogP contribution in [0.15, 0.2) is 71.4 Å². The molecule has 1 aliphatic rings. The molecule has 0 saturated carbocycles. The average molecular weight is 530 g/mol. The van der Waals surface area contributed by atoms with E-state index in [1.165, 1.54) is 0 Å². The van der Waals surface area contributed by atoms with Crippen molar-refractivity contribution in [2.45, 2.75) is 53.4 Å². The first-order chi connectivity index (χ1) is 18.0. The number of nitrogens with zero attached hydrogens (tertiary/aromatic N) is 1. The number of rotatable bonds is 7. The summed E-state index contributed by atoms with van der Waals surface area (Å²) in [6.07, 6.45) is 0. The van der Waals surface area contributed by atoms with Crippen molar-refractivity contribution in [2.24, 2.45) is 0 Å². The molecule has 6 nitrogen and oxygen atoms in total. The highest BCUT2D eigenvalue weighted by Crippen LogP contribution is 2.34. The van der Waals surface area contributed by atoms with Crippen LogP contribution >= 0.6 is 11.6 Å². The van der Waals surface area contributed by atoms with E-state index in [9.17, 15) is 14.4 Å². The summed E-state index contributed by atoms with van der Waals surface area (Å²) in [6.45, 7) is 12.2. The molecule has 0 radical (unpaired) electrons. The highest BCUT2D eigenvalue weighted by Gasteiger charge is 2.39. The SMILES string of the molecule is Cc1ccc(N2C(=O)C(Cl)=C(Nc3cc(C(=O)Nc4c(C(C)C)cccc4C(C)C)ccc3C)C2=O)cc1. The van der Waals surface area contributed by atoms with Crippen molar-refractivity contribution >= 4 is 46.4 Å². The van der Waals surface area contributed by atoms with Crippen LogP contribution in [0.1, 0.15) is 72.1 Å². The summed E-state index contributed by atoms with van der Waals surface area (Å²) in [5.74, 6) is -0.948. The first-order valence-corrected chi connectivity index (χ1v) is 13.0. The van der Waals surface area contributed by atoms with Crippen molar-refractivity contribution in [2.75, 3.05) is 15.5 Å². The van der Waals surface area contributed by atoms with Crippen molar-refractivity contribution in [1.82, 2.24) is 0 Å². The molecule has 0 atom stereocenters. The molecule has 0 aromatic heterocycles. The van der Waals surface area contributed by atoms with E-state index in [2.05, 4.69) is 38.3 Å². The lowest BCUT2D eigenvalue weighted by molar-refractivity contribution is -0.120. The molecule has 0 spiro atoms. The monoisotopic (exact) mass is 529 g/mol. The van der Waals surface area contributed by atoms with E-state index in [0.29, 0.717) is 16.9 Å². The molecule has 3 aromatic carbocycles. The number of amides is 3. The Balaban J connectivity index is 1.62. The lowest BCUT2D eigenvalue weighted by Gasteiger charge is -2.20. The number of nitrogens with one attached hydrogen (secondary N) is 2. The molecule has 196 valence electrons. The average Bonchev–Trinajstić information content (AvgIpc) is 3.08. The molecule has 0 fully saturated rings. The summed E-state index contributed by atoms with van der Waals surface area (Å²) in [5, 5.41) is 5.95. The second-order valence-electron chi connectivity index (χ2n) is 10.2. The Hall–Kier alpha value is -3.90. The van der Waals surface area contributed by atoms with Gasteiger partial charge in [-0.2, -0.15) is 0 Å². The van der Waals surface area contributed by atoms with Crippen LogP contribution in [0, 0.1) is 13.8 Å². The zero-order valence-corrected chi connectivity index (χ0v) is 23.2. The van der Waals surface area contributed by atoms with Gasteiger partial charge in [0.1, 0.15) is 10.7 Å². The number of carbonyl (C=O) groups is 3. The van der Waals surface area contributed by atoms with Crippen LogP contribution in [0.2, 0.25) is 0 Å². The Morgan fingerprint density at radius 1 is 0.842 bits per heavy atom. The van der Waals surface area contributed by atoms with Gasteiger partial charge >= 0.3 is 0 Å². The van der Waals surface area contributed by atoms with Gasteiger partial charge in [0.25, 0.3) is 17.7 Å². The van der Waals surface area contributed by atoms with E-state index in [1.54, 1.807) is 30.3 Å². The van der Waals surface area contributed by atoms with Gasteiger partial charge in [0, 0.05) is 16.9 Å². The van der Waals surface area contributed by atoms with Crippen LogP contribution in [0.25, 0.3) is 0 Å². The third-order valence-electron chi connectivity index (χ3n) is 6.69. The van der Waals surface area contributed by atoms with Gasteiger partial charge in [-0.15, -0.1) is 0 Å². The number of hydrogen-bond acceptors (Lipinski definition) is 4.